The van der Waals surface area contributed by atoms with Crippen molar-refractivity contribution in [2.24, 2.45) is 5.41 Å². The second-order valence-corrected chi connectivity index (χ2v) is 12.5. The third-order valence-electron chi connectivity index (χ3n) is 9.17. The Labute approximate surface area is 321 Å². The summed E-state index contributed by atoms with van der Waals surface area (Å²) in [4.78, 5) is 104. The molecule has 24 heteroatoms. The second kappa shape index (κ2) is 14.7. The van der Waals surface area contributed by atoms with Crippen molar-refractivity contribution < 1.29 is 118 Å². The quantitative estimate of drug-likeness (QED) is 0.0268. The minimum Gasteiger partial charge on any atom is -0.412 e. The van der Waals surface area contributed by atoms with Gasteiger partial charge in [0.25, 0.3) is 17.4 Å². The molecule has 0 radical (unpaired) electrons. The highest BCUT2D eigenvalue weighted by Crippen LogP contribution is 2.68. The molecule has 0 bridgehead atoms. The number of aryl methyl sites for hydroxylation is 1. The van der Waals surface area contributed by atoms with Crippen molar-refractivity contribution in [2.75, 3.05) is 0 Å². The third-order valence-corrected chi connectivity index (χ3v) is 9.17. The molecule has 24 nitrogen and oxygen atoms in total. The van der Waals surface area contributed by atoms with Gasteiger partial charge in [0.15, 0.2) is 5.41 Å². The van der Waals surface area contributed by atoms with Crippen molar-refractivity contribution in [3.05, 3.63) is 107 Å². The van der Waals surface area contributed by atoms with Gasteiger partial charge in [-0.1, -0.05) is 61.0 Å². The lowest BCUT2D eigenvalue weighted by atomic mass is 9.59. The van der Waals surface area contributed by atoms with Crippen molar-refractivity contribution in [2.45, 2.75) is 55.0 Å². The summed E-state index contributed by atoms with van der Waals surface area (Å²) in [6, 6.07) is 18.3. The highest BCUT2D eigenvalue weighted by Gasteiger charge is 3.00. The molecule has 3 aromatic rings. The van der Waals surface area contributed by atoms with Gasteiger partial charge < -0.3 is 44.8 Å². The van der Waals surface area contributed by atoms with Crippen LogP contribution in [0, 0.1) is 12.3 Å². The molecule has 6 atom stereocenters. The molecule has 3 fully saturated rings. The average molecular weight is 821 g/mol. The number of carbonyl (C=O) groups is 6. The molecule has 6 unspecified atom stereocenters. The normalized spacial score (nSPS) is 25.8. The number of ether oxygens (including phenoxy) is 3. The van der Waals surface area contributed by atoms with Crippen LogP contribution >= 0.6 is 0 Å². The molecular formula is C34H28O24. The van der Waals surface area contributed by atoms with Gasteiger partial charge in [-0.2, -0.15) is 14.7 Å². The van der Waals surface area contributed by atoms with E-state index < -0.39 is 82.4 Å². The van der Waals surface area contributed by atoms with Crippen molar-refractivity contribution >= 4 is 35.8 Å². The summed E-state index contributed by atoms with van der Waals surface area (Å²) in [6.45, 7) is 2.33. The molecule has 308 valence electrons. The van der Waals surface area contributed by atoms with Crippen LogP contribution in [0.25, 0.3) is 0 Å². The molecule has 0 aromatic heterocycles. The van der Waals surface area contributed by atoms with Crippen LogP contribution in [0.5, 0.6) is 0 Å². The number of carbonyl (C=O) groups excluding carboxylic acids is 6. The molecule has 0 aliphatic carbocycles. The van der Waals surface area contributed by atoms with Gasteiger partial charge in [0, 0.05) is 0 Å². The van der Waals surface area contributed by atoms with Crippen LogP contribution < -0.4 is 0 Å². The summed E-state index contributed by atoms with van der Waals surface area (Å²) in [5, 5.41) is 84.5. The van der Waals surface area contributed by atoms with Gasteiger partial charge >= 0.3 is 53.2 Å². The van der Waals surface area contributed by atoms with E-state index in [1.54, 1.807) is 6.92 Å². The number of hydrogen-bond donors (Lipinski definition) is 6. The molecule has 0 amide bonds. The Hall–Kier alpha value is -6.00. The fraction of sp³-hybridized carbons (Fsp3) is 0.294. The predicted octanol–water partition coefficient (Wildman–Crippen LogP) is -1.35. The van der Waals surface area contributed by atoms with Gasteiger partial charge in [0.05, 0.1) is 16.7 Å². The first-order chi connectivity index (χ1) is 27.3. The molecule has 3 aromatic carbocycles. The molecule has 6 rings (SSSR count). The second-order valence-electron chi connectivity index (χ2n) is 12.5. The average Bonchev–Trinajstić information content (AvgIpc) is 4.16. The Balaban J connectivity index is 1.49. The zero-order valence-electron chi connectivity index (χ0n) is 29.3. The highest BCUT2D eigenvalue weighted by atomic mass is 17.5. The largest absolute Gasteiger partial charge is 0.412 e. The fourth-order valence-corrected chi connectivity index (χ4v) is 5.88. The number of cyclic esters (lactones) is 3. The van der Waals surface area contributed by atoms with Gasteiger partial charge in [-0.25, -0.2) is 28.8 Å². The Kier molecular flexibility index (Phi) is 10.6. The SMILES string of the molecule is CCC(C(O)(OOOC(=O)c1ccccc1)C1(O)OC1=O)(C(O)(OOOC(=O)c1ccccc1)C1(O)OC1=O)C(O)(OOOC(=O)c1ccc(C)cc1)C1(O)OC1=O. The summed E-state index contributed by atoms with van der Waals surface area (Å²) >= 11 is 0. The topological polar surface area (TPSA) is 344 Å². The Morgan fingerprint density at radius 1 is 0.534 bits per heavy atom. The molecule has 0 spiro atoms. The first-order valence-corrected chi connectivity index (χ1v) is 16.2. The fourth-order valence-electron chi connectivity index (χ4n) is 5.88. The number of hydrogen-bond acceptors (Lipinski definition) is 24. The Bertz CT molecular complexity index is 2020. The first kappa shape index (κ1) is 41.6. The molecule has 3 aliphatic heterocycles. The maximum atomic E-state index is 12.8. The summed E-state index contributed by atoms with van der Waals surface area (Å²) in [5.74, 6) is -37.2. The van der Waals surface area contributed by atoms with E-state index >= 15 is 0 Å². The van der Waals surface area contributed by atoms with E-state index in [1.165, 1.54) is 60.7 Å². The molecule has 6 N–H and O–H groups in total. The van der Waals surface area contributed by atoms with E-state index in [-0.39, 0.29) is 16.7 Å². The van der Waals surface area contributed by atoms with Crippen molar-refractivity contribution in [3.63, 3.8) is 0 Å². The maximum Gasteiger partial charge on any atom is 0.389 e. The standard InChI is InChI=1S/C34H28O24/c1-3-28(32(44,29(41)25(38)47-29)53-56-50-22(35)19-10-6-4-7-11-19,33(45,30(42)26(39)48-30)54-57-51-23(36)20-12-8-5-9-13-20)34(46,31(43)27(40)49-31)55-58-52-24(37)21-16-14-18(2)15-17-21/h4-17,41-46H,3H2,1-2H3. The minimum absolute atomic E-state index is 0.281. The first-order valence-electron chi connectivity index (χ1n) is 16.2. The van der Waals surface area contributed by atoms with Crippen LogP contribution in [-0.4, -0.2) is 101 Å². The van der Waals surface area contributed by atoms with Crippen LogP contribution in [0.1, 0.15) is 50.0 Å². The lowest BCUT2D eigenvalue weighted by Crippen LogP contribution is -2.84. The monoisotopic (exact) mass is 820 g/mol. The molecule has 58 heavy (non-hydrogen) atoms. The van der Waals surface area contributed by atoms with E-state index in [1.807, 2.05) is 0 Å². The van der Waals surface area contributed by atoms with Crippen LogP contribution in [0.2, 0.25) is 0 Å². The van der Waals surface area contributed by atoms with Crippen LogP contribution in [0.4, 0.5) is 0 Å². The van der Waals surface area contributed by atoms with E-state index in [4.69, 9.17) is 14.7 Å². The van der Waals surface area contributed by atoms with Gasteiger partial charge in [-0.3, -0.25) is 14.7 Å². The van der Waals surface area contributed by atoms with Crippen LogP contribution in [-0.2, 0) is 73.0 Å². The predicted molar refractivity (Wildman–Crippen MR) is 168 cm³/mol. The number of aliphatic hydroxyl groups is 6. The summed E-state index contributed by atoms with van der Waals surface area (Å²) in [5.41, 5.74) is -4.76. The van der Waals surface area contributed by atoms with E-state index in [9.17, 15) is 59.4 Å². The lowest BCUT2D eigenvalue weighted by Gasteiger charge is -2.55. The zero-order chi connectivity index (χ0) is 42.4. The van der Waals surface area contributed by atoms with E-state index in [2.05, 4.69) is 44.0 Å². The highest BCUT2D eigenvalue weighted by molar-refractivity contribution is 5.95. The van der Waals surface area contributed by atoms with Gasteiger partial charge in [0.1, 0.15) is 0 Å². The van der Waals surface area contributed by atoms with E-state index in [0.29, 0.717) is 12.5 Å². The number of epoxide rings is 3. The third kappa shape index (κ3) is 6.40. The zero-order valence-corrected chi connectivity index (χ0v) is 29.3. The number of rotatable bonds is 19. The molecule has 0 saturated carbocycles. The van der Waals surface area contributed by atoms with Crippen LogP contribution in [0.3, 0.4) is 0 Å². The molecule has 3 saturated heterocycles. The maximum absolute atomic E-state index is 12.8. The van der Waals surface area contributed by atoms with Crippen LogP contribution in [0.15, 0.2) is 84.9 Å². The number of benzene rings is 3. The molecule has 3 aliphatic rings. The van der Waals surface area contributed by atoms with Crippen molar-refractivity contribution in [1.29, 1.82) is 0 Å². The van der Waals surface area contributed by atoms with Gasteiger partial charge in [-0.05, 0) is 64.9 Å². The molecular weight excluding hydrogens is 792 g/mol. The minimum atomic E-state index is -4.79. The van der Waals surface area contributed by atoms with Gasteiger partial charge in [-0.15, -0.1) is 0 Å². The Morgan fingerprint density at radius 3 is 1.07 bits per heavy atom. The van der Waals surface area contributed by atoms with Gasteiger partial charge in [0.2, 0.25) is 0 Å². The smallest absolute Gasteiger partial charge is 0.389 e. The van der Waals surface area contributed by atoms with Crippen molar-refractivity contribution in [3.8, 4) is 0 Å². The lowest BCUT2D eigenvalue weighted by molar-refractivity contribution is -0.669. The summed E-state index contributed by atoms with van der Waals surface area (Å²) < 4.78 is 13.4. The van der Waals surface area contributed by atoms with E-state index in [0.717, 1.165) is 24.3 Å². The summed E-state index contributed by atoms with van der Waals surface area (Å²) in [7, 11) is 0. The Morgan fingerprint density at radius 2 is 0.810 bits per heavy atom. The molecule has 3 heterocycles. The van der Waals surface area contributed by atoms with Crippen molar-refractivity contribution in [1.82, 2.24) is 0 Å². The summed E-state index contributed by atoms with van der Waals surface area (Å²) in [6.07, 6.45) is -1.67.